The molecular formula is C9H10ClNO3. The summed E-state index contributed by atoms with van der Waals surface area (Å²) in [5.41, 5.74) is 0.436. The minimum absolute atomic E-state index is 0.0824. The Balaban J connectivity index is 2.68. The van der Waals surface area contributed by atoms with Gasteiger partial charge in [-0.25, -0.2) is 4.79 Å². The molecule has 1 rings (SSSR count). The largest absolute Gasteiger partial charge is 0.506 e. The van der Waals surface area contributed by atoms with Crippen molar-refractivity contribution in [3.8, 4) is 5.75 Å². The maximum atomic E-state index is 11.0. The van der Waals surface area contributed by atoms with Gasteiger partial charge in [-0.3, -0.25) is 5.32 Å². The van der Waals surface area contributed by atoms with Gasteiger partial charge in [-0.1, -0.05) is 11.6 Å². The number of benzene rings is 1. The Morgan fingerprint density at radius 3 is 2.93 bits per heavy atom. The van der Waals surface area contributed by atoms with Crippen molar-refractivity contribution in [2.45, 2.75) is 6.92 Å². The number of carbonyl (C=O) groups excluding carboxylic acids is 1. The van der Waals surface area contributed by atoms with Crippen molar-refractivity contribution in [2.75, 3.05) is 11.9 Å². The standard InChI is InChI=1S/C9H10ClNO3/c1-2-14-9(13)11-6-3-4-7(10)8(12)5-6/h3-5,12H,2H2,1H3,(H,11,13). The van der Waals surface area contributed by atoms with Crippen molar-refractivity contribution in [1.29, 1.82) is 0 Å². The van der Waals surface area contributed by atoms with Crippen LogP contribution >= 0.6 is 11.6 Å². The molecule has 0 fully saturated rings. The van der Waals surface area contributed by atoms with Crippen LogP contribution in [0.5, 0.6) is 5.75 Å². The summed E-state index contributed by atoms with van der Waals surface area (Å²) in [7, 11) is 0. The van der Waals surface area contributed by atoms with E-state index in [4.69, 9.17) is 11.6 Å². The number of aromatic hydroxyl groups is 1. The van der Waals surface area contributed by atoms with E-state index < -0.39 is 6.09 Å². The molecule has 14 heavy (non-hydrogen) atoms. The van der Waals surface area contributed by atoms with Crippen LogP contribution in [0.15, 0.2) is 18.2 Å². The fourth-order valence-corrected chi connectivity index (χ4v) is 0.993. The molecule has 0 aliphatic heterocycles. The van der Waals surface area contributed by atoms with Crippen LogP contribution < -0.4 is 5.32 Å². The summed E-state index contributed by atoms with van der Waals surface area (Å²) in [5.74, 6) is -0.0824. The molecule has 0 spiro atoms. The van der Waals surface area contributed by atoms with Gasteiger partial charge in [0.1, 0.15) is 5.75 Å². The van der Waals surface area contributed by atoms with Crippen LogP contribution in [0, 0.1) is 0 Å². The molecule has 76 valence electrons. The topological polar surface area (TPSA) is 58.6 Å². The molecule has 1 aromatic carbocycles. The number of hydrogen-bond donors (Lipinski definition) is 2. The van der Waals surface area contributed by atoms with E-state index in [9.17, 15) is 9.90 Å². The van der Waals surface area contributed by atoms with Crippen molar-refractivity contribution in [3.05, 3.63) is 23.2 Å². The summed E-state index contributed by atoms with van der Waals surface area (Å²) in [4.78, 5) is 11.0. The van der Waals surface area contributed by atoms with Crippen molar-refractivity contribution in [1.82, 2.24) is 0 Å². The zero-order valence-corrected chi connectivity index (χ0v) is 8.34. The third-order valence-electron chi connectivity index (χ3n) is 1.47. The van der Waals surface area contributed by atoms with Crippen LogP contribution in [-0.2, 0) is 4.74 Å². The minimum atomic E-state index is -0.561. The Labute approximate surface area is 86.4 Å². The van der Waals surface area contributed by atoms with E-state index in [2.05, 4.69) is 10.1 Å². The zero-order valence-electron chi connectivity index (χ0n) is 7.58. The molecule has 4 nitrogen and oxygen atoms in total. The number of anilines is 1. The van der Waals surface area contributed by atoms with E-state index in [1.165, 1.54) is 12.1 Å². The highest BCUT2D eigenvalue weighted by atomic mass is 35.5. The summed E-state index contributed by atoms with van der Waals surface area (Å²) in [6.07, 6.45) is -0.561. The van der Waals surface area contributed by atoms with Crippen LogP contribution in [0.3, 0.4) is 0 Å². The SMILES string of the molecule is CCOC(=O)Nc1ccc(Cl)c(O)c1. The third kappa shape index (κ3) is 2.81. The van der Waals surface area contributed by atoms with Crippen LogP contribution in [0.1, 0.15) is 6.92 Å². The lowest BCUT2D eigenvalue weighted by Crippen LogP contribution is -2.12. The van der Waals surface area contributed by atoms with Crippen molar-refractivity contribution >= 4 is 23.4 Å². The third-order valence-corrected chi connectivity index (χ3v) is 1.79. The normalized spacial score (nSPS) is 9.57. The molecule has 1 aromatic rings. The fraction of sp³-hybridized carbons (Fsp3) is 0.222. The lowest BCUT2D eigenvalue weighted by Gasteiger charge is -2.05. The number of carbonyl (C=O) groups is 1. The molecule has 0 heterocycles. The lowest BCUT2D eigenvalue weighted by atomic mass is 10.3. The van der Waals surface area contributed by atoms with Gasteiger partial charge >= 0.3 is 6.09 Å². The lowest BCUT2D eigenvalue weighted by molar-refractivity contribution is 0.168. The number of phenols is 1. The highest BCUT2D eigenvalue weighted by Gasteiger charge is 2.04. The van der Waals surface area contributed by atoms with Crippen LogP contribution in [0.2, 0.25) is 5.02 Å². The fourth-order valence-electron chi connectivity index (χ4n) is 0.875. The first-order valence-electron chi connectivity index (χ1n) is 4.05. The predicted octanol–water partition coefficient (Wildman–Crippen LogP) is 2.61. The van der Waals surface area contributed by atoms with Gasteiger partial charge in [0.15, 0.2) is 0 Å². The molecular weight excluding hydrogens is 206 g/mol. The summed E-state index contributed by atoms with van der Waals surface area (Å²) in [6, 6.07) is 4.40. The van der Waals surface area contributed by atoms with E-state index >= 15 is 0 Å². The average molecular weight is 216 g/mol. The van der Waals surface area contributed by atoms with Gasteiger partial charge in [-0.05, 0) is 19.1 Å². The van der Waals surface area contributed by atoms with Crippen molar-refractivity contribution in [2.24, 2.45) is 0 Å². The molecule has 0 aliphatic rings. The summed E-state index contributed by atoms with van der Waals surface area (Å²) < 4.78 is 4.65. The van der Waals surface area contributed by atoms with Crippen LogP contribution in [0.4, 0.5) is 10.5 Å². The first-order chi connectivity index (χ1) is 6.63. The Morgan fingerprint density at radius 1 is 1.64 bits per heavy atom. The first-order valence-corrected chi connectivity index (χ1v) is 4.43. The summed E-state index contributed by atoms with van der Waals surface area (Å²) in [6.45, 7) is 2.00. The van der Waals surface area contributed by atoms with E-state index in [1.54, 1.807) is 13.0 Å². The molecule has 2 N–H and O–H groups in total. The maximum Gasteiger partial charge on any atom is 0.411 e. The van der Waals surface area contributed by atoms with Gasteiger partial charge in [0.25, 0.3) is 0 Å². The molecule has 0 radical (unpaired) electrons. The molecule has 1 amide bonds. The van der Waals surface area contributed by atoms with E-state index in [0.29, 0.717) is 12.3 Å². The van der Waals surface area contributed by atoms with E-state index in [0.717, 1.165) is 0 Å². The predicted molar refractivity (Wildman–Crippen MR) is 53.8 cm³/mol. The maximum absolute atomic E-state index is 11.0. The molecule has 0 aromatic heterocycles. The van der Waals surface area contributed by atoms with E-state index in [-0.39, 0.29) is 10.8 Å². The summed E-state index contributed by atoms with van der Waals surface area (Å²) in [5, 5.41) is 11.9. The highest BCUT2D eigenvalue weighted by Crippen LogP contribution is 2.26. The Bertz CT molecular complexity index is 341. The monoisotopic (exact) mass is 215 g/mol. The second-order valence-electron chi connectivity index (χ2n) is 2.51. The van der Waals surface area contributed by atoms with Gasteiger partial charge in [-0.2, -0.15) is 0 Å². The van der Waals surface area contributed by atoms with Gasteiger partial charge in [-0.15, -0.1) is 0 Å². The Hall–Kier alpha value is -1.42. The van der Waals surface area contributed by atoms with Gasteiger partial charge in [0.2, 0.25) is 0 Å². The molecule has 0 atom stereocenters. The summed E-state index contributed by atoms with van der Waals surface area (Å²) >= 11 is 5.58. The molecule has 0 aliphatic carbocycles. The smallest absolute Gasteiger partial charge is 0.411 e. The quantitative estimate of drug-likeness (QED) is 0.797. The number of nitrogens with one attached hydrogen (secondary N) is 1. The number of phenolic OH excluding ortho intramolecular Hbond substituents is 1. The van der Waals surface area contributed by atoms with Crippen LogP contribution in [0.25, 0.3) is 0 Å². The number of halogens is 1. The Morgan fingerprint density at radius 2 is 2.36 bits per heavy atom. The Kier molecular flexibility index (Phi) is 3.59. The molecule has 0 saturated heterocycles. The van der Waals surface area contributed by atoms with Gasteiger partial charge in [0.05, 0.1) is 11.6 Å². The first kappa shape index (κ1) is 10.7. The second-order valence-corrected chi connectivity index (χ2v) is 2.92. The second kappa shape index (κ2) is 4.72. The van der Waals surface area contributed by atoms with E-state index in [1.807, 2.05) is 0 Å². The molecule has 0 unspecified atom stereocenters. The number of ether oxygens (including phenoxy) is 1. The molecule has 0 bridgehead atoms. The van der Waals surface area contributed by atoms with Gasteiger partial charge in [0, 0.05) is 11.8 Å². The molecule has 0 saturated carbocycles. The van der Waals surface area contributed by atoms with Crippen LogP contribution in [-0.4, -0.2) is 17.8 Å². The molecule has 5 heteroatoms. The number of rotatable bonds is 2. The van der Waals surface area contributed by atoms with Crippen molar-refractivity contribution < 1.29 is 14.6 Å². The average Bonchev–Trinajstić information content (AvgIpc) is 2.12. The minimum Gasteiger partial charge on any atom is -0.506 e. The van der Waals surface area contributed by atoms with Crippen molar-refractivity contribution in [3.63, 3.8) is 0 Å². The number of amides is 1. The zero-order chi connectivity index (χ0) is 10.6. The van der Waals surface area contributed by atoms with Gasteiger partial charge < -0.3 is 9.84 Å². The highest BCUT2D eigenvalue weighted by molar-refractivity contribution is 6.32. The number of hydrogen-bond acceptors (Lipinski definition) is 3.